The largest absolute Gasteiger partial charge is 0.319 e. The zero-order chi connectivity index (χ0) is 11.1. The van der Waals surface area contributed by atoms with Crippen molar-refractivity contribution >= 4 is 0 Å². The molecule has 2 heteroatoms. The minimum Gasteiger partial charge on any atom is -0.319 e. The van der Waals surface area contributed by atoms with E-state index in [2.05, 4.69) is 31.1 Å². The Morgan fingerprint density at radius 2 is 1.80 bits per heavy atom. The molecule has 0 radical (unpaired) electrons. The summed E-state index contributed by atoms with van der Waals surface area (Å²) in [6.07, 6.45) is 7.10. The molecular weight excluding hydrogens is 184 g/mol. The summed E-state index contributed by atoms with van der Waals surface area (Å²) in [5.41, 5.74) is 0. The highest BCUT2D eigenvalue weighted by Gasteiger charge is 2.21. The monoisotopic (exact) mass is 212 g/mol. The molecule has 0 aromatic rings. The van der Waals surface area contributed by atoms with Crippen LogP contribution in [-0.4, -0.2) is 37.6 Å². The number of rotatable bonds is 5. The van der Waals surface area contributed by atoms with Crippen molar-refractivity contribution in [3.63, 3.8) is 0 Å². The Bertz CT molecular complexity index is 155. The van der Waals surface area contributed by atoms with E-state index in [-0.39, 0.29) is 0 Å². The van der Waals surface area contributed by atoms with Crippen LogP contribution in [0.1, 0.15) is 46.0 Å². The van der Waals surface area contributed by atoms with Gasteiger partial charge < -0.3 is 10.2 Å². The third-order valence-electron chi connectivity index (χ3n) is 3.88. The molecule has 1 aliphatic carbocycles. The van der Waals surface area contributed by atoms with E-state index in [1.54, 1.807) is 0 Å². The van der Waals surface area contributed by atoms with E-state index >= 15 is 0 Å². The molecule has 0 saturated heterocycles. The Balaban J connectivity index is 2.37. The molecule has 1 N–H and O–H groups in total. The molecule has 1 aliphatic rings. The maximum atomic E-state index is 3.32. The van der Waals surface area contributed by atoms with Crippen molar-refractivity contribution in [2.24, 2.45) is 5.92 Å². The van der Waals surface area contributed by atoms with Crippen molar-refractivity contribution in [3.8, 4) is 0 Å². The van der Waals surface area contributed by atoms with Crippen molar-refractivity contribution in [2.45, 2.75) is 52.0 Å². The molecule has 15 heavy (non-hydrogen) atoms. The van der Waals surface area contributed by atoms with Gasteiger partial charge in [0.05, 0.1) is 0 Å². The highest BCUT2D eigenvalue weighted by molar-refractivity contribution is 4.77. The lowest BCUT2D eigenvalue weighted by molar-refractivity contribution is 0.196. The van der Waals surface area contributed by atoms with Crippen LogP contribution in [0.15, 0.2) is 0 Å². The summed E-state index contributed by atoms with van der Waals surface area (Å²) in [5.74, 6) is 0.926. The first-order valence-electron chi connectivity index (χ1n) is 6.70. The Kier molecular flexibility index (Phi) is 6.26. The zero-order valence-electron chi connectivity index (χ0n) is 10.8. The van der Waals surface area contributed by atoms with E-state index in [0.717, 1.165) is 12.0 Å². The summed E-state index contributed by atoms with van der Waals surface area (Å²) in [5, 5.41) is 3.32. The van der Waals surface area contributed by atoms with Gasteiger partial charge in [-0.3, -0.25) is 0 Å². The van der Waals surface area contributed by atoms with Gasteiger partial charge in [-0.2, -0.15) is 0 Å². The average Bonchev–Trinajstić information content (AvgIpc) is 2.47. The predicted octanol–water partition coefficient (Wildman–Crippen LogP) is 2.50. The summed E-state index contributed by atoms with van der Waals surface area (Å²) in [7, 11) is 2.08. The molecule has 1 fully saturated rings. The predicted molar refractivity (Wildman–Crippen MR) is 67.2 cm³/mol. The van der Waals surface area contributed by atoms with Crippen LogP contribution in [0.2, 0.25) is 0 Å². The normalized spacial score (nSPS) is 28.0. The SMILES string of the molecule is CCN(CC)C1CCCC(CNC)CC1. The van der Waals surface area contributed by atoms with Gasteiger partial charge in [0.2, 0.25) is 0 Å². The van der Waals surface area contributed by atoms with Gasteiger partial charge in [0.15, 0.2) is 0 Å². The van der Waals surface area contributed by atoms with Crippen molar-refractivity contribution in [1.29, 1.82) is 0 Å². The fourth-order valence-corrected chi connectivity index (χ4v) is 2.96. The number of hydrogen-bond donors (Lipinski definition) is 1. The second-order valence-electron chi connectivity index (χ2n) is 4.81. The summed E-state index contributed by atoms with van der Waals surface area (Å²) in [4.78, 5) is 2.64. The molecule has 0 bridgehead atoms. The van der Waals surface area contributed by atoms with E-state index in [1.807, 2.05) is 0 Å². The molecule has 2 unspecified atom stereocenters. The van der Waals surface area contributed by atoms with Gasteiger partial charge in [-0.05, 0) is 58.3 Å². The lowest BCUT2D eigenvalue weighted by atomic mass is 10.0. The van der Waals surface area contributed by atoms with Crippen LogP contribution in [0, 0.1) is 5.92 Å². The van der Waals surface area contributed by atoms with Gasteiger partial charge in [-0.15, -0.1) is 0 Å². The Morgan fingerprint density at radius 3 is 2.40 bits per heavy atom. The van der Waals surface area contributed by atoms with Crippen molar-refractivity contribution in [1.82, 2.24) is 10.2 Å². The van der Waals surface area contributed by atoms with Gasteiger partial charge in [0, 0.05) is 6.04 Å². The maximum absolute atomic E-state index is 3.32. The Hall–Kier alpha value is -0.0800. The van der Waals surface area contributed by atoms with E-state index in [1.165, 1.54) is 51.7 Å². The fraction of sp³-hybridized carbons (Fsp3) is 1.00. The summed E-state index contributed by atoms with van der Waals surface area (Å²) in [6, 6.07) is 0.863. The minimum absolute atomic E-state index is 0.863. The first-order chi connectivity index (χ1) is 7.31. The standard InChI is InChI=1S/C13H28N2/c1-4-15(5-2)13-8-6-7-12(9-10-13)11-14-3/h12-14H,4-11H2,1-3H3. The van der Waals surface area contributed by atoms with Crippen LogP contribution in [-0.2, 0) is 0 Å². The van der Waals surface area contributed by atoms with Crippen LogP contribution in [0.5, 0.6) is 0 Å². The third-order valence-corrected chi connectivity index (χ3v) is 3.88. The summed E-state index contributed by atoms with van der Waals surface area (Å²) < 4.78 is 0. The smallest absolute Gasteiger partial charge is 0.00951 e. The number of nitrogens with zero attached hydrogens (tertiary/aromatic N) is 1. The molecule has 2 nitrogen and oxygen atoms in total. The van der Waals surface area contributed by atoms with E-state index in [0.29, 0.717) is 0 Å². The van der Waals surface area contributed by atoms with Gasteiger partial charge in [-0.1, -0.05) is 20.3 Å². The first-order valence-corrected chi connectivity index (χ1v) is 6.70. The van der Waals surface area contributed by atoms with Crippen molar-refractivity contribution in [2.75, 3.05) is 26.7 Å². The molecule has 1 saturated carbocycles. The second-order valence-corrected chi connectivity index (χ2v) is 4.81. The minimum atomic E-state index is 0.863. The van der Waals surface area contributed by atoms with E-state index in [4.69, 9.17) is 0 Å². The molecule has 0 spiro atoms. The molecule has 0 aromatic carbocycles. The number of hydrogen-bond acceptors (Lipinski definition) is 2. The quantitative estimate of drug-likeness (QED) is 0.704. The summed E-state index contributed by atoms with van der Waals surface area (Å²) >= 11 is 0. The van der Waals surface area contributed by atoms with E-state index in [9.17, 15) is 0 Å². The maximum Gasteiger partial charge on any atom is 0.00951 e. The molecule has 0 aliphatic heterocycles. The molecule has 1 rings (SSSR count). The van der Waals surface area contributed by atoms with Crippen LogP contribution >= 0.6 is 0 Å². The number of nitrogens with one attached hydrogen (secondary N) is 1. The van der Waals surface area contributed by atoms with Gasteiger partial charge >= 0.3 is 0 Å². The molecule has 0 aromatic heterocycles. The van der Waals surface area contributed by atoms with Gasteiger partial charge in [0.25, 0.3) is 0 Å². The fourth-order valence-electron chi connectivity index (χ4n) is 2.96. The lowest BCUT2D eigenvalue weighted by Crippen LogP contribution is -2.34. The second kappa shape index (κ2) is 7.24. The molecule has 0 heterocycles. The van der Waals surface area contributed by atoms with Crippen LogP contribution < -0.4 is 5.32 Å². The topological polar surface area (TPSA) is 15.3 Å². The first kappa shape index (κ1) is 13.0. The third kappa shape index (κ3) is 4.12. The molecular formula is C13H28N2. The molecule has 2 atom stereocenters. The van der Waals surface area contributed by atoms with Crippen LogP contribution in [0.4, 0.5) is 0 Å². The van der Waals surface area contributed by atoms with Crippen molar-refractivity contribution < 1.29 is 0 Å². The highest BCUT2D eigenvalue weighted by Crippen LogP contribution is 2.25. The zero-order valence-corrected chi connectivity index (χ0v) is 10.8. The molecule has 90 valence electrons. The average molecular weight is 212 g/mol. The lowest BCUT2D eigenvalue weighted by Gasteiger charge is -2.28. The highest BCUT2D eigenvalue weighted by atomic mass is 15.1. The van der Waals surface area contributed by atoms with Crippen LogP contribution in [0.25, 0.3) is 0 Å². The van der Waals surface area contributed by atoms with Gasteiger partial charge in [-0.25, -0.2) is 0 Å². The Labute approximate surface area is 95.4 Å². The van der Waals surface area contributed by atoms with Gasteiger partial charge in [0.1, 0.15) is 0 Å². The Morgan fingerprint density at radius 1 is 1.07 bits per heavy atom. The molecule has 0 amide bonds. The summed E-state index contributed by atoms with van der Waals surface area (Å²) in [6.45, 7) is 8.24. The van der Waals surface area contributed by atoms with E-state index < -0.39 is 0 Å². The van der Waals surface area contributed by atoms with Crippen LogP contribution in [0.3, 0.4) is 0 Å². The van der Waals surface area contributed by atoms with Crippen molar-refractivity contribution in [3.05, 3.63) is 0 Å².